The Kier molecular flexibility index (Phi) is 3.83. The molecule has 0 radical (unpaired) electrons. The number of rotatable bonds is 5. The van der Waals surface area contributed by atoms with Crippen LogP contribution in [0.3, 0.4) is 0 Å². The molecule has 106 valence electrons. The lowest BCUT2D eigenvalue weighted by Gasteiger charge is -2.24. The van der Waals surface area contributed by atoms with E-state index >= 15 is 0 Å². The Morgan fingerprint density at radius 3 is 3.00 bits per heavy atom. The lowest BCUT2D eigenvalue weighted by atomic mass is 9.90. The zero-order chi connectivity index (χ0) is 13.9. The van der Waals surface area contributed by atoms with E-state index in [9.17, 15) is 0 Å². The molecule has 0 fully saturated rings. The average Bonchev–Trinajstić information content (AvgIpc) is 3.04. The Labute approximate surface area is 120 Å². The Balaban J connectivity index is 1.81. The van der Waals surface area contributed by atoms with Crippen LogP contribution in [0.15, 0.2) is 30.5 Å². The largest absolute Gasteiger partial charge is 0.313 e. The van der Waals surface area contributed by atoms with Crippen LogP contribution in [0.2, 0.25) is 0 Å². The monoisotopic (exact) mass is 270 g/mol. The SMILES string of the molecule is CCNC(Cc1cn(C)nn1)C1CCc2ccccc21. The number of aromatic nitrogens is 3. The summed E-state index contributed by atoms with van der Waals surface area (Å²) in [5.41, 5.74) is 4.10. The van der Waals surface area contributed by atoms with Gasteiger partial charge >= 0.3 is 0 Å². The Morgan fingerprint density at radius 1 is 1.40 bits per heavy atom. The molecule has 1 heterocycles. The lowest BCUT2D eigenvalue weighted by molar-refractivity contribution is 0.431. The minimum atomic E-state index is 0.445. The van der Waals surface area contributed by atoms with Gasteiger partial charge in [-0.2, -0.15) is 0 Å². The van der Waals surface area contributed by atoms with Gasteiger partial charge in [0.25, 0.3) is 0 Å². The fourth-order valence-electron chi connectivity index (χ4n) is 3.34. The fraction of sp³-hybridized carbons (Fsp3) is 0.500. The van der Waals surface area contributed by atoms with Crippen LogP contribution in [-0.4, -0.2) is 27.6 Å². The first-order valence-corrected chi connectivity index (χ1v) is 7.44. The summed E-state index contributed by atoms with van der Waals surface area (Å²) >= 11 is 0. The molecule has 2 unspecified atom stereocenters. The number of fused-ring (bicyclic) bond motifs is 1. The molecule has 2 aromatic rings. The third-order valence-corrected chi connectivity index (χ3v) is 4.21. The molecule has 0 aliphatic heterocycles. The van der Waals surface area contributed by atoms with Gasteiger partial charge in [-0.3, -0.25) is 4.68 Å². The normalized spacial score (nSPS) is 19.0. The van der Waals surface area contributed by atoms with E-state index < -0.39 is 0 Å². The lowest BCUT2D eigenvalue weighted by Crippen LogP contribution is -2.36. The van der Waals surface area contributed by atoms with E-state index in [-0.39, 0.29) is 0 Å². The van der Waals surface area contributed by atoms with E-state index in [2.05, 4.69) is 46.8 Å². The highest BCUT2D eigenvalue weighted by atomic mass is 15.4. The van der Waals surface area contributed by atoms with E-state index in [4.69, 9.17) is 0 Å². The van der Waals surface area contributed by atoms with Crippen LogP contribution in [0.25, 0.3) is 0 Å². The van der Waals surface area contributed by atoms with Crippen molar-refractivity contribution >= 4 is 0 Å². The molecule has 0 saturated carbocycles. The van der Waals surface area contributed by atoms with Crippen molar-refractivity contribution in [3.05, 3.63) is 47.3 Å². The predicted octanol–water partition coefficient (Wildman–Crippen LogP) is 2.07. The summed E-state index contributed by atoms with van der Waals surface area (Å²) in [5, 5.41) is 11.9. The quantitative estimate of drug-likeness (QED) is 0.904. The van der Waals surface area contributed by atoms with Crippen molar-refractivity contribution in [2.45, 2.75) is 38.1 Å². The van der Waals surface area contributed by atoms with Crippen LogP contribution in [-0.2, 0) is 19.9 Å². The van der Waals surface area contributed by atoms with Gasteiger partial charge in [-0.05, 0) is 30.5 Å². The van der Waals surface area contributed by atoms with Crippen LogP contribution in [0.1, 0.15) is 36.1 Å². The van der Waals surface area contributed by atoms with Crippen LogP contribution in [0.4, 0.5) is 0 Å². The molecular weight excluding hydrogens is 248 g/mol. The van der Waals surface area contributed by atoms with Crippen molar-refractivity contribution in [2.75, 3.05) is 6.54 Å². The standard InChI is InChI=1S/C16H22N4/c1-3-17-16(10-13-11-20(2)19-18-13)15-9-8-12-6-4-5-7-14(12)15/h4-7,11,15-17H,3,8-10H2,1-2H3. The predicted molar refractivity (Wildman–Crippen MR) is 79.7 cm³/mol. The van der Waals surface area contributed by atoms with Crippen LogP contribution in [0, 0.1) is 0 Å². The summed E-state index contributed by atoms with van der Waals surface area (Å²) in [6.45, 7) is 3.16. The van der Waals surface area contributed by atoms with E-state index in [1.807, 2.05) is 13.2 Å². The van der Waals surface area contributed by atoms with Gasteiger partial charge in [0.05, 0.1) is 5.69 Å². The number of nitrogens with zero attached hydrogens (tertiary/aromatic N) is 3. The maximum absolute atomic E-state index is 4.24. The first-order valence-electron chi connectivity index (χ1n) is 7.44. The summed E-state index contributed by atoms with van der Waals surface area (Å²) < 4.78 is 1.78. The molecular formula is C16H22N4. The molecule has 1 aromatic carbocycles. The van der Waals surface area contributed by atoms with Gasteiger partial charge in [-0.15, -0.1) is 5.10 Å². The molecule has 20 heavy (non-hydrogen) atoms. The van der Waals surface area contributed by atoms with E-state index in [1.54, 1.807) is 4.68 Å². The van der Waals surface area contributed by atoms with Gasteiger partial charge in [0.1, 0.15) is 0 Å². The van der Waals surface area contributed by atoms with E-state index in [0.29, 0.717) is 12.0 Å². The molecule has 0 amide bonds. The molecule has 0 bridgehead atoms. The highest BCUT2D eigenvalue weighted by Crippen LogP contribution is 2.36. The smallest absolute Gasteiger partial charge is 0.0842 e. The molecule has 4 heteroatoms. The Hall–Kier alpha value is -1.68. The molecule has 3 rings (SSSR count). The van der Waals surface area contributed by atoms with Crippen molar-refractivity contribution in [3.8, 4) is 0 Å². The highest BCUT2D eigenvalue weighted by molar-refractivity contribution is 5.36. The maximum atomic E-state index is 4.24. The summed E-state index contributed by atoms with van der Waals surface area (Å²) in [7, 11) is 1.92. The van der Waals surface area contributed by atoms with Gasteiger partial charge in [-0.25, -0.2) is 0 Å². The summed E-state index contributed by atoms with van der Waals surface area (Å²) in [6.07, 6.45) is 5.40. The van der Waals surface area contributed by atoms with Crippen LogP contribution >= 0.6 is 0 Å². The van der Waals surface area contributed by atoms with Crippen molar-refractivity contribution in [1.82, 2.24) is 20.3 Å². The molecule has 4 nitrogen and oxygen atoms in total. The molecule has 1 aliphatic carbocycles. The highest BCUT2D eigenvalue weighted by Gasteiger charge is 2.29. The second-order valence-corrected chi connectivity index (χ2v) is 5.60. The molecule has 0 saturated heterocycles. The second-order valence-electron chi connectivity index (χ2n) is 5.60. The Morgan fingerprint density at radius 2 is 2.25 bits per heavy atom. The average molecular weight is 270 g/mol. The topological polar surface area (TPSA) is 42.7 Å². The van der Waals surface area contributed by atoms with Gasteiger partial charge < -0.3 is 5.32 Å². The number of likely N-dealkylation sites (N-methyl/N-ethyl adjacent to an activating group) is 1. The van der Waals surface area contributed by atoms with Crippen LogP contribution in [0.5, 0.6) is 0 Å². The van der Waals surface area contributed by atoms with Crippen molar-refractivity contribution in [2.24, 2.45) is 7.05 Å². The minimum Gasteiger partial charge on any atom is -0.313 e. The van der Waals surface area contributed by atoms with Gasteiger partial charge in [0.15, 0.2) is 0 Å². The number of hydrogen-bond acceptors (Lipinski definition) is 3. The number of hydrogen-bond donors (Lipinski definition) is 1. The molecule has 2 atom stereocenters. The first kappa shape index (κ1) is 13.3. The van der Waals surface area contributed by atoms with Crippen molar-refractivity contribution < 1.29 is 0 Å². The molecule has 1 N–H and O–H groups in total. The number of aryl methyl sites for hydroxylation is 2. The van der Waals surface area contributed by atoms with E-state index in [0.717, 1.165) is 18.7 Å². The molecule has 1 aromatic heterocycles. The van der Waals surface area contributed by atoms with E-state index in [1.165, 1.54) is 24.0 Å². The zero-order valence-electron chi connectivity index (χ0n) is 12.2. The second kappa shape index (κ2) is 5.75. The zero-order valence-corrected chi connectivity index (χ0v) is 12.2. The molecule has 1 aliphatic rings. The van der Waals surface area contributed by atoms with Gasteiger partial charge in [0.2, 0.25) is 0 Å². The summed E-state index contributed by atoms with van der Waals surface area (Å²) in [4.78, 5) is 0. The third kappa shape index (κ3) is 2.61. The van der Waals surface area contributed by atoms with Crippen LogP contribution < -0.4 is 5.32 Å². The van der Waals surface area contributed by atoms with Crippen molar-refractivity contribution in [1.29, 1.82) is 0 Å². The fourth-order valence-corrected chi connectivity index (χ4v) is 3.34. The third-order valence-electron chi connectivity index (χ3n) is 4.21. The summed E-state index contributed by atoms with van der Waals surface area (Å²) in [6, 6.07) is 9.30. The van der Waals surface area contributed by atoms with Crippen molar-refractivity contribution in [3.63, 3.8) is 0 Å². The number of benzene rings is 1. The number of nitrogens with one attached hydrogen (secondary N) is 1. The van der Waals surface area contributed by atoms with Gasteiger partial charge in [0, 0.05) is 31.6 Å². The summed E-state index contributed by atoms with van der Waals surface area (Å²) in [5.74, 6) is 0.591. The minimum absolute atomic E-state index is 0.445. The Bertz CT molecular complexity index is 575. The molecule has 0 spiro atoms. The first-order chi connectivity index (χ1) is 9.78. The van der Waals surface area contributed by atoms with Gasteiger partial charge in [-0.1, -0.05) is 36.4 Å². The maximum Gasteiger partial charge on any atom is 0.0842 e.